The third-order valence-corrected chi connectivity index (χ3v) is 7.18. The second-order valence-corrected chi connectivity index (χ2v) is 10.2. The minimum absolute atomic E-state index is 0.0697. The number of para-hydroxylation sites is 2. The normalized spacial score (nSPS) is 10.8. The lowest BCUT2D eigenvalue weighted by Gasteiger charge is -2.11. The number of carbonyl (C=O) groups excluding carboxylic acids is 2. The van der Waals surface area contributed by atoms with Crippen molar-refractivity contribution in [3.8, 4) is 23.0 Å². The van der Waals surface area contributed by atoms with Crippen molar-refractivity contribution in [3.63, 3.8) is 0 Å². The third kappa shape index (κ3) is 5.70. The largest absolute Gasteiger partial charge is 0.457 e. The summed E-state index contributed by atoms with van der Waals surface area (Å²) in [6.07, 6.45) is 0. The number of benzene rings is 6. The highest BCUT2D eigenvalue weighted by Crippen LogP contribution is 2.29. The molecule has 0 aliphatic carbocycles. The molecule has 0 fully saturated rings. The zero-order valence-electron chi connectivity index (χ0n) is 23.3. The number of fused-ring (bicyclic) bond motifs is 1. The van der Waals surface area contributed by atoms with Crippen LogP contribution < -0.4 is 9.47 Å². The number of hydrogen-bond acceptors (Lipinski definition) is 4. The summed E-state index contributed by atoms with van der Waals surface area (Å²) in [5.74, 6) is 2.77. The Morgan fingerprint density at radius 2 is 0.786 bits per heavy atom. The monoisotopic (exact) mass is 548 g/mol. The van der Waals surface area contributed by atoms with Crippen molar-refractivity contribution >= 4 is 22.3 Å². The van der Waals surface area contributed by atoms with Crippen molar-refractivity contribution in [2.45, 2.75) is 13.8 Å². The van der Waals surface area contributed by atoms with Gasteiger partial charge in [0.05, 0.1) is 0 Å². The fourth-order valence-corrected chi connectivity index (χ4v) is 4.90. The summed E-state index contributed by atoms with van der Waals surface area (Å²) in [4.78, 5) is 26.7. The van der Waals surface area contributed by atoms with Crippen LogP contribution in [0.15, 0.2) is 133 Å². The number of ether oxygens (including phenoxy) is 2. The molecule has 6 rings (SSSR count). The molecule has 42 heavy (non-hydrogen) atoms. The second kappa shape index (κ2) is 11.6. The molecule has 0 heterocycles. The predicted octanol–water partition coefficient (Wildman–Crippen LogP) is 9.50. The van der Waals surface area contributed by atoms with Gasteiger partial charge in [-0.1, -0.05) is 60.7 Å². The molecule has 4 nitrogen and oxygen atoms in total. The van der Waals surface area contributed by atoms with E-state index >= 15 is 0 Å². The Hall–Kier alpha value is -5.48. The van der Waals surface area contributed by atoms with E-state index in [0.717, 1.165) is 33.4 Å². The van der Waals surface area contributed by atoms with E-state index in [1.165, 1.54) is 0 Å². The lowest BCUT2D eigenvalue weighted by molar-refractivity contribution is 0.103. The topological polar surface area (TPSA) is 52.6 Å². The fraction of sp³-hybridized carbons (Fsp3) is 0.0526. The van der Waals surface area contributed by atoms with E-state index in [-0.39, 0.29) is 11.6 Å². The Labute approximate surface area is 244 Å². The van der Waals surface area contributed by atoms with Crippen molar-refractivity contribution in [3.05, 3.63) is 167 Å². The third-order valence-electron chi connectivity index (χ3n) is 7.18. The molecule has 0 amide bonds. The molecule has 0 N–H and O–H groups in total. The molecule has 0 aliphatic rings. The highest BCUT2D eigenvalue weighted by molar-refractivity contribution is 6.13. The van der Waals surface area contributed by atoms with Crippen LogP contribution in [0.2, 0.25) is 0 Å². The van der Waals surface area contributed by atoms with Gasteiger partial charge in [-0.3, -0.25) is 9.59 Å². The van der Waals surface area contributed by atoms with Gasteiger partial charge in [0.2, 0.25) is 0 Å². The first-order valence-electron chi connectivity index (χ1n) is 13.7. The summed E-state index contributed by atoms with van der Waals surface area (Å²) in [6.45, 7) is 3.86. The molecule has 0 bridgehead atoms. The quantitative estimate of drug-likeness (QED) is 0.178. The molecule has 6 aromatic rings. The van der Waals surface area contributed by atoms with E-state index < -0.39 is 0 Å². The average Bonchev–Trinajstić information content (AvgIpc) is 3.03. The van der Waals surface area contributed by atoms with E-state index in [0.29, 0.717) is 33.8 Å². The number of hydrogen-bond donors (Lipinski definition) is 0. The van der Waals surface area contributed by atoms with Gasteiger partial charge in [0.1, 0.15) is 23.0 Å². The Kier molecular flexibility index (Phi) is 7.35. The van der Waals surface area contributed by atoms with Crippen molar-refractivity contribution in [1.29, 1.82) is 0 Å². The summed E-state index contributed by atoms with van der Waals surface area (Å²) in [6, 6.07) is 41.2. The maximum atomic E-state index is 13.3. The SMILES string of the molecule is Cc1cc(C(=O)c2ccc3cc(C(=O)c4ccc(Oc5ccccc5)c(C)c4)ccc3c2)ccc1Oc1ccccc1. The van der Waals surface area contributed by atoms with Gasteiger partial charge in [-0.15, -0.1) is 0 Å². The van der Waals surface area contributed by atoms with Gasteiger partial charge in [0.25, 0.3) is 0 Å². The summed E-state index contributed by atoms with van der Waals surface area (Å²) in [5.41, 5.74) is 4.11. The lowest BCUT2D eigenvalue weighted by atomic mass is 9.96. The molecule has 0 unspecified atom stereocenters. The molecule has 6 aromatic carbocycles. The van der Waals surface area contributed by atoms with E-state index in [9.17, 15) is 9.59 Å². The van der Waals surface area contributed by atoms with E-state index in [2.05, 4.69) is 0 Å². The minimum Gasteiger partial charge on any atom is -0.457 e. The van der Waals surface area contributed by atoms with Crippen molar-refractivity contribution in [1.82, 2.24) is 0 Å². The summed E-state index contributed by atoms with van der Waals surface area (Å²) in [7, 11) is 0. The molecular weight excluding hydrogens is 520 g/mol. The molecule has 4 heteroatoms. The maximum Gasteiger partial charge on any atom is 0.193 e. The second-order valence-electron chi connectivity index (χ2n) is 10.2. The molecule has 0 radical (unpaired) electrons. The van der Waals surface area contributed by atoms with Crippen LogP contribution in [0.5, 0.6) is 23.0 Å². The average molecular weight is 549 g/mol. The van der Waals surface area contributed by atoms with Crippen molar-refractivity contribution in [2.75, 3.05) is 0 Å². The van der Waals surface area contributed by atoms with Crippen LogP contribution in [0.25, 0.3) is 10.8 Å². The molecule has 0 aromatic heterocycles. The highest BCUT2D eigenvalue weighted by Gasteiger charge is 2.15. The van der Waals surface area contributed by atoms with Gasteiger partial charge in [0.15, 0.2) is 11.6 Å². The number of carbonyl (C=O) groups is 2. The van der Waals surface area contributed by atoms with Crippen LogP contribution in [0.4, 0.5) is 0 Å². The zero-order valence-corrected chi connectivity index (χ0v) is 23.3. The first-order valence-corrected chi connectivity index (χ1v) is 13.7. The zero-order chi connectivity index (χ0) is 29.1. The molecule has 0 spiro atoms. The first kappa shape index (κ1) is 26.7. The van der Waals surface area contributed by atoms with Gasteiger partial charge in [-0.05, 0) is 109 Å². The highest BCUT2D eigenvalue weighted by atomic mass is 16.5. The van der Waals surface area contributed by atoms with Gasteiger partial charge < -0.3 is 9.47 Å². The summed E-state index contributed by atoms with van der Waals surface area (Å²) >= 11 is 0. The molecule has 0 atom stereocenters. The Morgan fingerprint density at radius 1 is 0.429 bits per heavy atom. The van der Waals surface area contributed by atoms with Crippen LogP contribution in [-0.4, -0.2) is 11.6 Å². The van der Waals surface area contributed by atoms with Crippen molar-refractivity contribution < 1.29 is 19.1 Å². The maximum absolute atomic E-state index is 13.3. The van der Waals surface area contributed by atoms with Gasteiger partial charge in [0, 0.05) is 22.3 Å². The Morgan fingerprint density at radius 3 is 1.17 bits per heavy atom. The molecule has 0 saturated heterocycles. The van der Waals surface area contributed by atoms with Crippen molar-refractivity contribution in [2.24, 2.45) is 0 Å². The smallest absolute Gasteiger partial charge is 0.193 e. The summed E-state index contributed by atoms with van der Waals surface area (Å²) < 4.78 is 11.9. The van der Waals surface area contributed by atoms with Crippen LogP contribution >= 0.6 is 0 Å². The van der Waals surface area contributed by atoms with E-state index in [4.69, 9.17) is 9.47 Å². The number of rotatable bonds is 8. The van der Waals surface area contributed by atoms with E-state index in [1.54, 1.807) is 12.1 Å². The number of aryl methyl sites for hydroxylation is 2. The lowest BCUT2D eigenvalue weighted by Crippen LogP contribution is -2.03. The molecule has 0 aliphatic heterocycles. The molecule has 204 valence electrons. The first-order chi connectivity index (χ1) is 20.4. The standard InChI is InChI=1S/C38H28O4/c1-25-21-29(17-19-35(25)41-33-9-5-3-6-10-33)37(39)31-15-13-28-24-32(16-14-27(28)23-31)38(40)30-18-20-36(26(2)22-30)42-34-11-7-4-8-12-34/h3-24H,1-2H3. The minimum atomic E-state index is -0.0697. The van der Waals surface area contributed by atoms with Crippen LogP contribution in [0, 0.1) is 13.8 Å². The Bertz CT molecular complexity index is 1780. The summed E-state index contributed by atoms with van der Waals surface area (Å²) in [5, 5.41) is 1.78. The van der Waals surface area contributed by atoms with Crippen LogP contribution in [0.3, 0.4) is 0 Å². The van der Waals surface area contributed by atoms with Gasteiger partial charge in [-0.25, -0.2) is 0 Å². The van der Waals surface area contributed by atoms with E-state index in [1.807, 2.05) is 135 Å². The van der Waals surface area contributed by atoms with Gasteiger partial charge >= 0.3 is 0 Å². The Balaban J connectivity index is 1.19. The predicted molar refractivity (Wildman–Crippen MR) is 166 cm³/mol. The van der Waals surface area contributed by atoms with Crippen LogP contribution in [-0.2, 0) is 0 Å². The molecule has 0 saturated carbocycles. The van der Waals surface area contributed by atoms with Crippen LogP contribution in [0.1, 0.15) is 43.0 Å². The fourth-order valence-electron chi connectivity index (χ4n) is 4.90. The van der Waals surface area contributed by atoms with Gasteiger partial charge in [-0.2, -0.15) is 0 Å². The number of ketones is 2. The molecular formula is C38H28O4.